The molecule has 1 aliphatic rings. The van der Waals surface area contributed by atoms with Crippen molar-refractivity contribution in [3.8, 4) is 0 Å². The van der Waals surface area contributed by atoms with Gasteiger partial charge in [0.25, 0.3) is 15.9 Å². The van der Waals surface area contributed by atoms with Crippen molar-refractivity contribution in [2.24, 2.45) is 5.73 Å². The van der Waals surface area contributed by atoms with E-state index in [1.807, 2.05) is 0 Å². The minimum absolute atomic E-state index is 0.140. The molecule has 11 heteroatoms. The molecule has 0 unspecified atom stereocenters. The lowest BCUT2D eigenvalue weighted by atomic mass is 10.1. The van der Waals surface area contributed by atoms with Gasteiger partial charge in [0.1, 0.15) is 15.8 Å². The zero-order chi connectivity index (χ0) is 20.5. The summed E-state index contributed by atoms with van der Waals surface area (Å²) < 4.78 is 53.9. The van der Waals surface area contributed by atoms with Crippen molar-refractivity contribution in [2.45, 2.75) is 23.5 Å². The van der Waals surface area contributed by atoms with Gasteiger partial charge >= 0.3 is 0 Å². The number of anilines is 1. The van der Waals surface area contributed by atoms with Crippen LogP contribution in [0.4, 0.5) is 14.5 Å². The SMILES string of the molecule is NC(=O)c1cc(NC(=O)Cc2ccc(S(=O)(=O)N3CCCC3)s2)c(F)cc1F. The Balaban J connectivity index is 1.72. The van der Waals surface area contributed by atoms with Crippen LogP contribution in [-0.2, 0) is 21.2 Å². The summed E-state index contributed by atoms with van der Waals surface area (Å²) in [7, 11) is -3.57. The van der Waals surface area contributed by atoms with Gasteiger partial charge in [0.15, 0.2) is 0 Å². The first-order valence-corrected chi connectivity index (χ1v) is 10.6. The van der Waals surface area contributed by atoms with Crippen LogP contribution in [-0.4, -0.2) is 37.6 Å². The van der Waals surface area contributed by atoms with Crippen LogP contribution < -0.4 is 11.1 Å². The topological polar surface area (TPSA) is 110 Å². The van der Waals surface area contributed by atoms with E-state index in [4.69, 9.17) is 5.73 Å². The van der Waals surface area contributed by atoms with Crippen molar-refractivity contribution in [3.63, 3.8) is 0 Å². The fourth-order valence-corrected chi connectivity index (χ4v) is 5.86. The van der Waals surface area contributed by atoms with Crippen LogP contribution in [0.15, 0.2) is 28.5 Å². The van der Waals surface area contributed by atoms with Crippen molar-refractivity contribution < 1.29 is 26.8 Å². The summed E-state index contributed by atoms with van der Waals surface area (Å²) in [6.07, 6.45) is 1.43. The molecule has 1 aliphatic heterocycles. The van der Waals surface area contributed by atoms with Gasteiger partial charge in [-0.3, -0.25) is 9.59 Å². The maximum atomic E-state index is 13.8. The number of primary amides is 1. The molecule has 2 heterocycles. The highest BCUT2D eigenvalue weighted by molar-refractivity contribution is 7.91. The number of carbonyl (C=O) groups is 2. The Bertz CT molecular complexity index is 1030. The van der Waals surface area contributed by atoms with Crippen LogP contribution in [0.1, 0.15) is 28.1 Å². The molecule has 28 heavy (non-hydrogen) atoms. The number of nitrogens with one attached hydrogen (secondary N) is 1. The van der Waals surface area contributed by atoms with Crippen LogP contribution in [0.25, 0.3) is 0 Å². The van der Waals surface area contributed by atoms with Gasteiger partial charge in [0, 0.05) is 24.0 Å². The van der Waals surface area contributed by atoms with Gasteiger partial charge in [0.2, 0.25) is 5.91 Å². The molecule has 0 atom stereocenters. The second kappa shape index (κ2) is 7.94. The highest BCUT2D eigenvalue weighted by atomic mass is 32.2. The van der Waals surface area contributed by atoms with E-state index in [1.165, 1.54) is 16.4 Å². The number of halogens is 2. The number of thiophene rings is 1. The molecule has 0 radical (unpaired) electrons. The molecular weight excluding hydrogens is 412 g/mol. The summed E-state index contributed by atoms with van der Waals surface area (Å²) in [6, 6.07) is 4.23. The number of amides is 2. The number of hydrogen-bond acceptors (Lipinski definition) is 5. The quantitative estimate of drug-likeness (QED) is 0.733. The smallest absolute Gasteiger partial charge is 0.252 e. The second-order valence-electron chi connectivity index (χ2n) is 6.23. The van der Waals surface area contributed by atoms with Gasteiger partial charge in [0.05, 0.1) is 17.7 Å². The average molecular weight is 429 g/mol. The Morgan fingerprint density at radius 2 is 1.82 bits per heavy atom. The van der Waals surface area contributed by atoms with E-state index in [1.54, 1.807) is 0 Å². The minimum atomic E-state index is -3.57. The van der Waals surface area contributed by atoms with Crippen LogP contribution in [0.5, 0.6) is 0 Å². The maximum absolute atomic E-state index is 13.8. The molecule has 0 aliphatic carbocycles. The number of rotatable bonds is 6. The van der Waals surface area contributed by atoms with Crippen molar-refractivity contribution in [1.29, 1.82) is 0 Å². The maximum Gasteiger partial charge on any atom is 0.252 e. The Kier molecular flexibility index (Phi) is 5.77. The van der Waals surface area contributed by atoms with Gasteiger partial charge < -0.3 is 11.1 Å². The van der Waals surface area contributed by atoms with Crippen LogP contribution in [0, 0.1) is 11.6 Å². The minimum Gasteiger partial charge on any atom is -0.366 e. The van der Waals surface area contributed by atoms with Crippen molar-refractivity contribution >= 4 is 38.9 Å². The Morgan fingerprint density at radius 1 is 1.14 bits per heavy atom. The average Bonchev–Trinajstić information content (AvgIpc) is 3.29. The molecular formula is C17H17F2N3O4S2. The van der Waals surface area contributed by atoms with Crippen LogP contribution in [0.2, 0.25) is 0 Å². The number of carbonyl (C=O) groups excluding carboxylic acids is 2. The molecule has 0 spiro atoms. The van der Waals surface area contributed by atoms with E-state index >= 15 is 0 Å². The van der Waals surface area contributed by atoms with E-state index in [-0.39, 0.29) is 16.3 Å². The lowest BCUT2D eigenvalue weighted by molar-refractivity contribution is -0.115. The van der Waals surface area contributed by atoms with Crippen molar-refractivity contribution in [2.75, 3.05) is 18.4 Å². The van der Waals surface area contributed by atoms with E-state index in [0.29, 0.717) is 24.0 Å². The number of nitrogens with two attached hydrogens (primary N) is 1. The fourth-order valence-electron chi connectivity index (χ4n) is 2.83. The third-order valence-corrected chi connectivity index (χ3v) is 7.68. The molecule has 0 saturated carbocycles. The fraction of sp³-hybridized carbons (Fsp3) is 0.294. The largest absolute Gasteiger partial charge is 0.366 e. The molecule has 3 N–H and O–H groups in total. The second-order valence-corrected chi connectivity index (χ2v) is 9.57. The summed E-state index contributed by atoms with van der Waals surface area (Å²) >= 11 is 0.962. The van der Waals surface area contributed by atoms with Crippen molar-refractivity contribution in [1.82, 2.24) is 4.31 Å². The summed E-state index contributed by atoms with van der Waals surface area (Å²) in [4.78, 5) is 23.8. The lowest BCUT2D eigenvalue weighted by Gasteiger charge is -2.13. The molecule has 7 nitrogen and oxygen atoms in total. The highest BCUT2D eigenvalue weighted by Crippen LogP contribution is 2.28. The molecule has 150 valence electrons. The van der Waals surface area contributed by atoms with Gasteiger partial charge in [-0.2, -0.15) is 4.31 Å². The van der Waals surface area contributed by atoms with E-state index in [9.17, 15) is 26.8 Å². The first-order chi connectivity index (χ1) is 13.2. The first kappa shape index (κ1) is 20.4. The zero-order valence-electron chi connectivity index (χ0n) is 14.6. The Labute approximate surface area is 164 Å². The highest BCUT2D eigenvalue weighted by Gasteiger charge is 2.28. The Hall–Kier alpha value is -2.37. The zero-order valence-corrected chi connectivity index (χ0v) is 16.2. The Morgan fingerprint density at radius 3 is 2.46 bits per heavy atom. The summed E-state index contributed by atoms with van der Waals surface area (Å²) in [5.74, 6) is -3.92. The normalized spacial score (nSPS) is 14.9. The van der Waals surface area contributed by atoms with Gasteiger partial charge in [-0.1, -0.05) is 0 Å². The number of nitrogens with zero attached hydrogens (tertiary/aromatic N) is 1. The predicted octanol–water partition coefficient (Wildman–Crippen LogP) is 2.09. The summed E-state index contributed by atoms with van der Waals surface area (Å²) in [6.45, 7) is 0.949. The molecule has 3 rings (SSSR count). The summed E-state index contributed by atoms with van der Waals surface area (Å²) in [5, 5.41) is 2.24. The van der Waals surface area contributed by atoms with Gasteiger partial charge in [-0.25, -0.2) is 17.2 Å². The standard InChI is InChI=1S/C17H17F2N3O4S2/c18-12-9-13(19)14(8-11(12)17(20)24)21-15(23)7-10-3-4-16(27-10)28(25,26)22-5-1-2-6-22/h3-4,8-9H,1-2,5-7H2,(H2,20,24)(H,21,23). The van der Waals surface area contributed by atoms with Crippen molar-refractivity contribution in [3.05, 3.63) is 46.3 Å². The van der Waals surface area contributed by atoms with E-state index in [2.05, 4.69) is 5.32 Å². The molecule has 1 fully saturated rings. The lowest BCUT2D eigenvalue weighted by Crippen LogP contribution is -2.27. The third-order valence-electron chi connectivity index (χ3n) is 4.23. The van der Waals surface area contributed by atoms with Crippen LogP contribution in [0.3, 0.4) is 0 Å². The molecule has 1 aromatic carbocycles. The monoisotopic (exact) mass is 429 g/mol. The van der Waals surface area contributed by atoms with Gasteiger partial charge in [-0.15, -0.1) is 11.3 Å². The molecule has 2 aromatic rings. The molecule has 2 amide bonds. The molecule has 1 saturated heterocycles. The molecule has 1 aromatic heterocycles. The third kappa shape index (κ3) is 4.21. The van der Waals surface area contributed by atoms with Crippen LogP contribution >= 0.6 is 11.3 Å². The number of benzene rings is 1. The predicted molar refractivity (Wildman–Crippen MR) is 99.5 cm³/mol. The number of sulfonamides is 1. The first-order valence-electron chi connectivity index (χ1n) is 8.36. The van der Waals surface area contributed by atoms with Gasteiger partial charge in [-0.05, 0) is 31.0 Å². The number of hydrogen-bond donors (Lipinski definition) is 2. The molecule has 0 bridgehead atoms. The van der Waals surface area contributed by atoms with E-state index < -0.39 is 39.0 Å². The summed E-state index contributed by atoms with van der Waals surface area (Å²) in [5.41, 5.74) is 4.07. The van der Waals surface area contributed by atoms with E-state index in [0.717, 1.165) is 30.2 Å².